The molecule has 1 amide bonds. The number of para-hydroxylation sites is 1. The maximum Gasteiger partial charge on any atom is 0.253 e. The van der Waals surface area contributed by atoms with Crippen LogP contribution in [0.2, 0.25) is 0 Å². The summed E-state index contributed by atoms with van der Waals surface area (Å²) in [4.78, 5) is 12.9. The first-order chi connectivity index (χ1) is 11.8. The van der Waals surface area contributed by atoms with E-state index in [0.717, 1.165) is 24.9 Å². The Labute approximate surface area is 141 Å². The van der Waals surface area contributed by atoms with Gasteiger partial charge in [-0.1, -0.05) is 36.4 Å². The van der Waals surface area contributed by atoms with Gasteiger partial charge in [-0.25, -0.2) is 0 Å². The van der Waals surface area contributed by atoms with Crippen LogP contribution in [0.15, 0.2) is 73.1 Å². The zero-order chi connectivity index (χ0) is 16.4. The van der Waals surface area contributed by atoms with E-state index in [1.165, 1.54) is 11.1 Å². The molecule has 2 aromatic carbocycles. The third kappa shape index (κ3) is 2.73. The molecule has 1 aliphatic carbocycles. The average Bonchev–Trinajstić information content (AvgIpc) is 3.16. The lowest BCUT2D eigenvalue weighted by atomic mass is 9.87. The molecular formula is C21H20N2O. The van der Waals surface area contributed by atoms with Crippen LogP contribution in [0, 0.1) is 0 Å². The average molecular weight is 316 g/mol. The number of amides is 1. The molecule has 0 radical (unpaired) electrons. The van der Waals surface area contributed by atoms with Crippen molar-refractivity contribution in [3.05, 3.63) is 89.7 Å². The van der Waals surface area contributed by atoms with Gasteiger partial charge in [0.2, 0.25) is 0 Å². The Morgan fingerprint density at radius 3 is 2.58 bits per heavy atom. The Bertz CT molecular complexity index is 852. The number of hydrogen-bond donors (Lipinski definition) is 1. The van der Waals surface area contributed by atoms with Gasteiger partial charge in [-0.15, -0.1) is 0 Å². The maximum absolute atomic E-state index is 12.9. The van der Waals surface area contributed by atoms with Gasteiger partial charge in [-0.05, 0) is 54.7 Å². The van der Waals surface area contributed by atoms with Crippen molar-refractivity contribution in [2.45, 2.75) is 25.3 Å². The second kappa shape index (κ2) is 6.36. The standard InChI is InChI=1S/C21H20N2O/c24-21(18-11-3-4-13-20(18)23-14-5-6-15-23)22-19-12-7-9-16-8-1-2-10-17(16)19/h1-6,8,10-11,13-15,19H,7,9,12H2,(H,22,24). The molecule has 0 saturated carbocycles. The van der Waals surface area contributed by atoms with Crippen molar-refractivity contribution in [1.82, 2.24) is 9.88 Å². The highest BCUT2D eigenvalue weighted by atomic mass is 16.1. The Hall–Kier alpha value is -2.81. The number of rotatable bonds is 3. The molecular weight excluding hydrogens is 296 g/mol. The number of aryl methyl sites for hydroxylation is 1. The van der Waals surface area contributed by atoms with Gasteiger partial charge in [-0.2, -0.15) is 0 Å². The van der Waals surface area contributed by atoms with Crippen LogP contribution >= 0.6 is 0 Å². The third-order valence-electron chi connectivity index (χ3n) is 4.71. The van der Waals surface area contributed by atoms with Crippen molar-refractivity contribution in [3.63, 3.8) is 0 Å². The van der Waals surface area contributed by atoms with E-state index in [0.29, 0.717) is 5.56 Å². The summed E-state index contributed by atoms with van der Waals surface area (Å²) >= 11 is 0. The minimum atomic E-state index is -0.0130. The lowest BCUT2D eigenvalue weighted by Gasteiger charge is -2.26. The minimum absolute atomic E-state index is 0.0130. The number of carbonyl (C=O) groups excluding carboxylic acids is 1. The SMILES string of the molecule is O=C(NC1CCCc2ccccc21)c1ccccc1-n1cccc1. The zero-order valence-corrected chi connectivity index (χ0v) is 13.5. The monoisotopic (exact) mass is 316 g/mol. The summed E-state index contributed by atoms with van der Waals surface area (Å²) in [5, 5.41) is 3.24. The molecule has 3 nitrogen and oxygen atoms in total. The fraction of sp³-hybridized carbons (Fsp3) is 0.190. The summed E-state index contributed by atoms with van der Waals surface area (Å²) in [5.41, 5.74) is 4.23. The second-order valence-electron chi connectivity index (χ2n) is 6.22. The summed E-state index contributed by atoms with van der Waals surface area (Å²) < 4.78 is 1.98. The second-order valence-corrected chi connectivity index (χ2v) is 6.22. The predicted molar refractivity (Wildman–Crippen MR) is 95.4 cm³/mol. The quantitative estimate of drug-likeness (QED) is 0.768. The van der Waals surface area contributed by atoms with E-state index in [1.807, 2.05) is 53.4 Å². The van der Waals surface area contributed by atoms with Crippen molar-refractivity contribution in [2.75, 3.05) is 0 Å². The summed E-state index contributed by atoms with van der Waals surface area (Å²) in [5.74, 6) is -0.0130. The molecule has 1 aliphatic rings. The lowest BCUT2D eigenvalue weighted by Crippen LogP contribution is -2.31. The number of fused-ring (bicyclic) bond motifs is 1. The normalized spacial score (nSPS) is 16.4. The van der Waals surface area contributed by atoms with E-state index in [4.69, 9.17) is 0 Å². The van der Waals surface area contributed by atoms with Crippen molar-refractivity contribution >= 4 is 5.91 Å². The van der Waals surface area contributed by atoms with Crippen molar-refractivity contribution < 1.29 is 4.79 Å². The van der Waals surface area contributed by atoms with Gasteiger partial charge < -0.3 is 9.88 Å². The Kier molecular flexibility index (Phi) is 3.91. The number of aromatic nitrogens is 1. The first-order valence-electron chi connectivity index (χ1n) is 8.44. The van der Waals surface area contributed by atoms with Crippen LogP contribution < -0.4 is 5.32 Å². The molecule has 1 heterocycles. The molecule has 1 atom stereocenters. The van der Waals surface area contributed by atoms with E-state index in [9.17, 15) is 4.79 Å². The molecule has 1 aromatic heterocycles. The largest absolute Gasteiger partial charge is 0.345 e. The molecule has 0 fully saturated rings. The molecule has 0 bridgehead atoms. The number of benzene rings is 2. The van der Waals surface area contributed by atoms with Crippen molar-refractivity contribution in [3.8, 4) is 5.69 Å². The van der Waals surface area contributed by atoms with E-state index < -0.39 is 0 Å². The Morgan fingerprint density at radius 2 is 1.71 bits per heavy atom. The molecule has 3 heteroatoms. The molecule has 1 unspecified atom stereocenters. The molecule has 0 aliphatic heterocycles. The highest BCUT2D eigenvalue weighted by molar-refractivity contribution is 5.98. The molecule has 4 rings (SSSR count). The van der Waals surface area contributed by atoms with Crippen LogP contribution in [0.3, 0.4) is 0 Å². The van der Waals surface area contributed by atoms with Gasteiger partial charge in [0.15, 0.2) is 0 Å². The highest BCUT2D eigenvalue weighted by Gasteiger charge is 2.22. The lowest BCUT2D eigenvalue weighted by molar-refractivity contribution is 0.0933. The van der Waals surface area contributed by atoms with Crippen LogP contribution in [0.5, 0.6) is 0 Å². The first-order valence-corrected chi connectivity index (χ1v) is 8.44. The summed E-state index contributed by atoms with van der Waals surface area (Å²) in [7, 11) is 0. The van der Waals surface area contributed by atoms with Crippen molar-refractivity contribution in [1.29, 1.82) is 0 Å². The molecule has 0 saturated heterocycles. The zero-order valence-electron chi connectivity index (χ0n) is 13.5. The maximum atomic E-state index is 12.9. The molecule has 1 N–H and O–H groups in total. The third-order valence-corrected chi connectivity index (χ3v) is 4.71. The Balaban J connectivity index is 1.63. The summed E-state index contributed by atoms with van der Waals surface area (Å²) in [6.45, 7) is 0. The fourth-order valence-electron chi connectivity index (χ4n) is 3.53. The van der Waals surface area contributed by atoms with Gasteiger partial charge in [-0.3, -0.25) is 4.79 Å². The number of nitrogens with zero attached hydrogens (tertiary/aromatic N) is 1. The molecule has 3 aromatic rings. The van der Waals surface area contributed by atoms with Crippen LogP contribution in [0.1, 0.15) is 40.4 Å². The van der Waals surface area contributed by atoms with E-state index in [2.05, 4.69) is 29.6 Å². The number of carbonyl (C=O) groups is 1. The van der Waals surface area contributed by atoms with Crippen LogP contribution in [-0.4, -0.2) is 10.5 Å². The number of nitrogens with one attached hydrogen (secondary N) is 1. The highest BCUT2D eigenvalue weighted by Crippen LogP contribution is 2.30. The number of hydrogen-bond acceptors (Lipinski definition) is 1. The smallest absolute Gasteiger partial charge is 0.253 e. The van der Waals surface area contributed by atoms with Crippen molar-refractivity contribution in [2.24, 2.45) is 0 Å². The summed E-state index contributed by atoms with van der Waals surface area (Å²) in [6.07, 6.45) is 7.13. The minimum Gasteiger partial charge on any atom is -0.345 e. The van der Waals surface area contributed by atoms with Gasteiger partial charge in [0.05, 0.1) is 17.3 Å². The Morgan fingerprint density at radius 1 is 0.958 bits per heavy atom. The van der Waals surface area contributed by atoms with E-state index in [1.54, 1.807) is 0 Å². The van der Waals surface area contributed by atoms with Crippen LogP contribution in [0.25, 0.3) is 5.69 Å². The van der Waals surface area contributed by atoms with Gasteiger partial charge >= 0.3 is 0 Å². The van der Waals surface area contributed by atoms with Gasteiger partial charge in [0, 0.05) is 12.4 Å². The van der Waals surface area contributed by atoms with E-state index in [-0.39, 0.29) is 11.9 Å². The first kappa shape index (κ1) is 14.8. The molecule has 24 heavy (non-hydrogen) atoms. The molecule has 120 valence electrons. The van der Waals surface area contributed by atoms with Gasteiger partial charge in [0.1, 0.15) is 0 Å². The van der Waals surface area contributed by atoms with Gasteiger partial charge in [0.25, 0.3) is 5.91 Å². The fourth-order valence-corrected chi connectivity index (χ4v) is 3.53. The van der Waals surface area contributed by atoms with Crippen LogP contribution in [0.4, 0.5) is 0 Å². The molecule has 0 spiro atoms. The van der Waals surface area contributed by atoms with Crippen LogP contribution in [-0.2, 0) is 6.42 Å². The van der Waals surface area contributed by atoms with E-state index >= 15 is 0 Å². The predicted octanol–water partition coefficient (Wildman–Crippen LogP) is 4.28. The topological polar surface area (TPSA) is 34.0 Å². The summed E-state index contributed by atoms with van der Waals surface area (Å²) in [6, 6.07) is 20.2.